The Bertz CT molecular complexity index is 242. The van der Waals surface area contributed by atoms with Crippen LogP contribution >= 0.6 is 0 Å². The zero-order chi connectivity index (χ0) is 8.43. The van der Waals surface area contributed by atoms with Gasteiger partial charge in [0.15, 0.2) is 0 Å². The molecule has 0 saturated heterocycles. The molecule has 0 aliphatic rings. The van der Waals surface area contributed by atoms with Gasteiger partial charge in [-0.25, -0.2) is 0 Å². The van der Waals surface area contributed by atoms with Crippen molar-refractivity contribution in [2.45, 2.75) is 19.9 Å². The highest BCUT2D eigenvalue weighted by Gasteiger charge is 2.10. The summed E-state index contributed by atoms with van der Waals surface area (Å²) in [4.78, 5) is 0. The molecule has 11 heavy (non-hydrogen) atoms. The number of hydrogen-bond donors (Lipinski definition) is 2. The fraction of sp³-hybridized carbons (Fsp3) is 0.500. The fourth-order valence-corrected chi connectivity index (χ4v) is 1.15. The number of hydrogen-bond acceptors (Lipinski definition) is 3. The highest BCUT2D eigenvalue weighted by molar-refractivity contribution is 5.23. The van der Waals surface area contributed by atoms with Crippen LogP contribution < -0.4 is 11.5 Å². The van der Waals surface area contributed by atoms with Crippen molar-refractivity contribution < 1.29 is 4.42 Å². The van der Waals surface area contributed by atoms with Crippen molar-refractivity contribution in [1.82, 2.24) is 0 Å². The van der Waals surface area contributed by atoms with Crippen molar-refractivity contribution in [3.05, 3.63) is 23.2 Å². The quantitative estimate of drug-likeness (QED) is 0.663. The fourth-order valence-electron chi connectivity index (χ4n) is 1.15. The average Bonchev–Trinajstić information content (AvgIpc) is 2.28. The summed E-state index contributed by atoms with van der Waals surface area (Å²) in [5.41, 5.74) is 12.2. The van der Waals surface area contributed by atoms with Crippen molar-refractivity contribution in [2.75, 3.05) is 6.54 Å². The summed E-state index contributed by atoms with van der Waals surface area (Å²) in [5.74, 6) is 1.77. The van der Waals surface area contributed by atoms with E-state index >= 15 is 0 Å². The second-order valence-corrected chi connectivity index (χ2v) is 2.71. The number of nitrogens with two attached hydrogens (primary N) is 2. The first-order valence-corrected chi connectivity index (χ1v) is 3.67. The van der Waals surface area contributed by atoms with E-state index in [-0.39, 0.29) is 6.04 Å². The van der Waals surface area contributed by atoms with E-state index in [1.165, 1.54) is 0 Å². The SMILES string of the molecule is Cc1cc(C(N)CN)c(C)o1. The topological polar surface area (TPSA) is 65.2 Å². The highest BCUT2D eigenvalue weighted by atomic mass is 16.3. The molecule has 4 N–H and O–H groups in total. The van der Waals surface area contributed by atoms with Gasteiger partial charge in [-0.3, -0.25) is 0 Å². The highest BCUT2D eigenvalue weighted by Crippen LogP contribution is 2.18. The van der Waals surface area contributed by atoms with E-state index in [0.717, 1.165) is 17.1 Å². The van der Waals surface area contributed by atoms with E-state index in [0.29, 0.717) is 6.54 Å². The Morgan fingerprint density at radius 1 is 1.55 bits per heavy atom. The second kappa shape index (κ2) is 3.07. The van der Waals surface area contributed by atoms with Crippen LogP contribution in [0.15, 0.2) is 10.5 Å². The summed E-state index contributed by atoms with van der Waals surface area (Å²) in [5, 5.41) is 0. The van der Waals surface area contributed by atoms with Crippen LogP contribution in [0.25, 0.3) is 0 Å². The first kappa shape index (κ1) is 8.30. The van der Waals surface area contributed by atoms with Crippen LogP contribution in [0.1, 0.15) is 23.1 Å². The van der Waals surface area contributed by atoms with E-state index in [1.54, 1.807) is 0 Å². The molecule has 0 aliphatic carbocycles. The van der Waals surface area contributed by atoms with E-state index in [2.05, 4.69) is 0 Å². The van der Waals surface area contributed by atoms with Crippen molar-refractivity contribution in [3.63, 3.8) is 0 Å². The molecule has 1 rings (SSSR count). The summed E-state index contributed by atoms with van der Waals surface area (Å²) < 4.78 is 5.30. The summed E-state index contributed by atoms with van der Waals surface area (Å²) in [7, 11) is 0. The Hall–Kier alpha value is -0.800. The van der Waals surface area contributed by atoms with Gasteiger partial charge in [0.1, 0.15) is 11.5 Å². The van der Waals surface area contributed by atoms with E-state index in [9.17, 15) is 0 Å². The second-order valence-electron chi connectivity index (χ2n) is 2.71. The lowest BCUT2D eigenvalue weighted by atomic mass is 10.1. The molecule has 0 aliphatic heterocycles. The molecule has 0 saturated carbocycles. The molecule has 0 amide bonds. The molecule has 0 fully saturated rings. The average molecular weight is 154 g/mol. The Morgan fingerprint density at radius 2 is 2.18 bits per heavy atom. The maximum atomic E-state index is 5.72. The van der Waals surface area contributed by atoms with Crippen molar-refractivity contribution in [2.24, 2.45) is 11.5 Å². The summed E-state index contributed by atoms with van der Waals surface area (Å²) in [6.07, 6.45) is 0. The van der Waals surface area contributed by atoms with Gasteiger partial charge in [0.05, 0.1) is 0 Å². The van der Waals surface area contributed by atoms with Gasteiger partial charge in [0, 0.05) is 18.2 Å². The van der Waals surface area contributed by atoms with E-state index in [1.807, 2.05) is 19.9 Å². The van der Waals surface area contributed by atoms with Crippen LogP contribution in [0.3, 0.4) is 0 Å². The molecule has 0 aromatic carbocycles. The first-order chi connectivity index (χ1) is 5.15. The summed E-state index contributed by atoms with van der Waals surface area (Å²) in [6.45, 7) is 4.26. The molecular formula is C8H14N2O. The zero-order valence-electron chi connectivity index (χ0n) is 6.92. The molecule has 1 atom stereocenters. The third-order valence-electron chi connectivity index (χ3n) is 1.73. The normalized spacial score (nSPS) is 13.5. The lowest BCUT2D eigenvalue weighted by Crippen LogP contribution is -2.20. The number of rotatable bonds is 2. The van der Waals surface area contributed by atoms with Gasteiger partial charge in [0.2, 0.25) is 0 Å². The van der Waals surface area contributed by atoms with Crippen LogP contribution in [0.4, 0.5) is 0 Å². The van der Waals surface area contributed by atoms with Crippen LogP contribution in [0.2, 0.25) is 0 Å². The molecule has 1 aromatic rings. The van der Waals surface area contributed by atoms with Gasteiger partial charge >= 0.3 is 0 Å². The van der Waals surface area contributed by atoms with Crippen LogP contribution in [-0.2, 0) is 0 Å². The van der Waals surface area contributed by atoms with Gasteiger partial charge in [-0.05, 0) is 19.9 Å². The molecule has 1 unspecified atom stereocenters. The minimum absolute atomic E-state index is 0.0903. The molecule has 3 nitrogen and oxygen atoms in total. The molecule has 0 bridgehead atoms. The van der Waals surface area contributed by atoms with Crippen LogP contribution in [0, 0.1) is 13.8 Å². The predicted octanol–water partition coefficient (Wildman–Crippen LogP) is 0.855. The largest absolute Gasteiger partial charge is 0.466 e. The molecule has 0 radical (unpaired) electrons. The van der Waals surface area contributed by atoms with E-state index < -0.39 is 0 Å². The van der Waals surface area contributed by atoms with Crippen molar-refractivity contribution in [1.29, 1.82) is 0 Å². The Morgan fingerprint density at radius 3 is 2.55 bits per heavy atom. The molecule has 3 heteroatoms. The third-order valence-corrected chi connectivity index (χ3v) is 1.73. The summed E-state index contributed by atoms with van der Waals surface area (Å²) in [6, 6.07) is 1.85. The van der Waals surface area contributed by atoms with Gasteiger partial charge in [-0.15, -0.1) is 0 Å². The minimum atomic E-state index is -0.0903. The third kappa shape index (κ3) is 1.61. The van der Waals surface area contributed by atoms with Crippen molar-refractivity contribution >= 4 is 0 Å². The molecule has 1 heterocycles. The molecular weight excluding hydrogens is 140 g/mol. The number of aryl methyl sites for hydroxylation is 2. The van der Waals surface area contributed by atoms with Gasteiger partial charge in [-0.2, -0.15) is 0 Å². The Kier molecular flexibility index (Phi) is 2.31. The van der Waals surface area contributed by atoms with Crippen LogP contribution in [-0.4, -0.2) is 6.54 Å². The van der Waals surface area contributed by atoms with Crippen molar-refractivity contribution in [3.8, 4) is 0 Å². The monoisotopic (exact) mass is 154 g/mol. The Labute approximate surface area is 66.4 Å². The molecule has 62 valence electrons. The van der Waals surface area contributed by atoms with Crippen LogP contribution in [0.5, 0.6) is 0 Å². The maximum Gasteiger partial charge on any atom is 0.105 e. The maximum absolute atomic E-state index is 5.72. The molecule has 1 aromatic heterocycles. The van der Waals surface area contributed by atoms with Gasteiger partial charge < -0.3 is 15.9 Å². The minimum Gasteiger partial charge on any atom is -0.466 e. The first-order valence-electron chi connectivity index (χ1n) is 3.67. The zero-order valence-corrected chi connectivity index (χ0v) is 6.92. The van der Waals surface area contributed by atoms with Gasteiger partial charge in [0.25, 0.3) is 0 Å². The van der Waals surface area contributed by atoms with Gasteiger partial charge in [-0.1, -0.05) is 0 Å². The smallest absolute Gasteiger partial charge is 0.105 e. The predicted molar refractivity (Wildman–Crippen MR) is 44.2 cm³/mol. The molecule has 0 spiro atoms. The lowest BCUT2D eigenvalue weighted by molar-refractivity contribution is 0.497. The lowest BCUT2D eigenvalue weighted by Gasteiger charge is -2.05. The summed E-state index contributed by atoms with van der Waals surface area (Å²) >= 11 is 0. The standard InChI is InChI=1S/C8H14N2O/c1-5-3-7(6(2)11-5)8(10)4-9/h3,8H,4,9-10H2,1-2H3. The Balaban J connectivity index is 2.93. The number of furan rings is 1. The van der Waals surface area contributed by atoms with E-state index in [4.69, 9.17) is 15.9 Å².